The molecule has 2 saturated heterocycles. The van der Waals surface area contributed by atoms with Gasteiger partial charge in [-0.3, -0.25) is 19.6 Å². The number of likely N-dealkylation sites (tertiary alicyclic amines) is 1. The number of aliphatic hydroxyl groups is 1. The smallest absolute Gasteiger partial charge is 0.253 e. The highest BCUT2D eigenvalue weighted by Gasteiger charge is 2.38. The van der Waals surface area contributed by atoms with Crippen molar-refractivity contribution in [2.75, 3.05) is 51.3 Å². The quantitative estimate of drug-likeness (QED) is 0.519. The van der Waals surface area contributed by atoms with E-state index in [1.165, 1.54) is 0 Å². The van der Waals surface area contributed by atoms with E-state index in [4.69, 9.17) is 4.74 Å². The SMILES string of the molecule is CN(CC1(O)CCN(c2ccnc3cccnc23)C1)C(=O)c1ccc(OCCN2CCCC2=O)cc1. The van der Waals surface area contributed by atoms with E-state index in [1.54, 1.807) is 48.6 Å². The van der Waals surface area contributed by atoms with Crippen molar-refractivity contribution in [3.8, 4) is 5.75 Å². The highest BCUT2D eigenvalue weighted by atomic mass is 16.5. The fourth-order valence-electron chi connectivity index (χ4n) is 5.05. The van der Waals surface area contributed by atoms with Crippen molar-refractivity contribution in [3.05, 3.63) is 60.4 Å². The number of hydrogen-bond donors (Lipinski definition) is 1. The molecule has 0 bridgehead atoms. The lowest BCUT2D eigenvalue weighted by atomic mass is 10.0. The van der Waals surface area contributed by atoms with Gasteiger partial charge < -0.3 is 24.5 Å². The molecule has 1 atom stereocenters. The number of β-amino-alcohol motifs (C(OH)–C–C–N with tert-alkyl or cyclic N) is 1. The zero-order valence-electron chi connectivity index (χ0n) is 20.5. The molecule has 2 aromatic heterocycles. The van der Waals surface area contributed by atoms with Gasteiger partial charge in [-0.05, 0) is 55.3 Å². The molecule has 0 saturated carbocycles. The number of aromatic nitrogens is 2. The lowest BCUT2D eigenvalue weighted by Gasteiger charge is -2.29. The second-order valence-electron chi connectivity index (χ2n) is 9.62. The number of carbonyl (C=O) groups is 2. The Morgan fingerprint density at radius 3 is 2.75 bits per heavy atom. The molecule has 1 aromatic carbocycles. The van der Waals surface area contributed by atoms with Crippen molar-refractivity contribution in [1.29, 1.82) is 0 Å². The summed E-state index contributed by atoms with van der Waals surface area (Å²) in [6.07, 6.45) is 5.58. The van der Waals surface area contributed by atoms with Gasteiger partial charge in [0.15, 0.2) is 0 Å². The van der Waals surface area contributed by atoms with E-state index in [2.05, 4.69) is 14.9 Å². The van der Waals surface area contributed by atoms with Gasteiger partial charge in [0.1, 0.15) is 23.5 Å². The van der Waals surface area contributed by atoms with Gasteiger partial charge >= 0.3 is 0 Å². The van der Waals surface area contributed by atoms with Crippen LogP contribution in [0.2, 0.25) is 0 Å². The third-order valence-corrected chi connectivity index (χ3v) is 6.93. The summed E-state index contributed by atoms with van der Waals surface area (Å²) in [6.45, 7) is 3.09. The number of anilines is 1. The first-order valence-corrected chi connectivity index (χ1v) is 12.4. The van der Waals surface area contributed by atoms with Crippen LogP contribution >= 0.6 is 0 Å². The summed E-state index contributed by atoms with van der Waals surface area (Å²) in [5, 5.41) is 11.3. The maximum Gasteiger partial charge on any atom is 0.253 e. The Hall–Kier alpha value is -3.72. The molecule has 9 nitrogen and oxygen atoms in total. The molecule has 36 heavy (non-hydrogen) atoms. The van der Waals surface area contributed by atoms with Gasteiger partial charge in [0, 0.05) is 51.1 Å². The number of carbonyl (C=O) groups excluding carboxylic acids is 2. The maximum absolute atomic E-state index is 13.0. The predicted molar refractivity (Wildman–Crippen MR) is 136 cm³/mol. The molecule has 9 heteroatoms. The Bertz CT molecular complexity index is 1250. The third kappa shape index (κ3) is 5.11. The lowest BCUT2D eigenvalue weighted by molar-refractivity contribution is -0.128. The van der Waals surface area contributed by atoms with E-state index in [9.17, 15) is 14.7 Å². The first kappa shape index (κ1) is 24.0. The zero-order valence-corrected chi connectivity index (χ0v) is 20.5. The van der Waals surface area contributed by atoms with E-state index in [0.29, 0.717) is 50.4 Å². The molecule has 3 aromatic rings. The molecule has 4 heterocycles. The van der Waals surface area contributed by atoms with Crippen molar-refractivity contribution in [3.63, 3.8) is 0 Å². The Kier molecular flexibility index (Phi) is 6.73. The van der Waals surface area contributed by atoms with Gasteiger partial charge in [-0.25, -0.2) is 0 Å². The van der Waals surface area contributed by atoms with Crippen molar-refractivity contribution in [1.82, 2.24) is 19.8 Å². The van der Waals surface area contributed by atoms with Crippen LogP contribution in [0.15, 0.2) is 54.9 Å². The number of fused-ring (bicyclic) bond motifs is 1. The number of ether oxygens (including phenoxy) is 1. The largest absolute Gasteiger partial charge is 0.492 e. The first-order valence-electron chi connectivity index (χ1n) is 12.4. The van der Waals surface area contributed by atoms with Crippen LogP contribution in [0.1, 0.15) is 29.6 Å². The predicted octanol–water partition coefficient (Wildman–Crippen LogP) is 2.34. The minimum Gasteiger partial charge on any atom is -0.492 e. The lowest BCUT2D eigenvalue weighted by Crippen LogP contribution is -2.45. The number of benzene rings is 1. The van der Waals surface area contributed by atoms with Crippen molar-refractivity contribution < 1.29 is 19.4 Å². The average Bonchev–Trinajstić information content (AvgIpc) is 3.48. The number of nitrogens with zero attached hydrogens (tertiary/aromatic N) is 5. The van der Waals surface area contributed by atoms with Crippen LogP contribution < -0.4 is 9.64 Å². The summed E-state index contributed by atoms with van der Waals surface area (Å²) in [5.74, 6) is 0.677. The van der Waals surface area contributed by atoms with Gasteiger partial charge in [0.2, 0.25) is 5.91 Å². The number of likely N-dealkylation sites (N-methyl/N-ethyl adjacent to an activating group) is 1. The summed E-state index contributed by atoms with van der Waals surface area (Å²) >= 11 is 0. The van der Waals surface area contributed by atoms with E-state index in [0.717, 1.165) is 29.7 Å². The Morgan fingerprint density at radius 2 is 1.97 bits per heavy atom. The number of pyridine rings is 2. The summed E-state index contributed by atoms with van der Waals surface area (Å²) in [5.41, 5.74) is 2.07. The van der Waals surface area contributed by atoms with Gasteiger partial charge in [0.05, 0.1) is 24.3 Å². The van der Waals surface area contributed by atoms with Crippen molar-refractivity contribution >= 4 is 28.5 Å². The van der Waals surface area contributed by atoms with Crippen LogP contribution in [0.3, 0.4) is 0 Å². The first-order chi connectivity index (χ1) is 17.4. The van der Waals surface area contributed by atoms with Crippen molar-refractivity contribution in [2.45, 2.75) is 24.9 Å². The standard InChI is InChI=1S/C27H31N5O4/c1-30(26(34)20-6-8-21(9-7-20)36-17-16-31-14-3-5-24(31)33)18-27(35)11-15-32(19-27)23-10-13-28-22-4-2-12-29-25(22)23/h2,4,6-10,12-13,35H,3,5,11,14-19H2,1H3. The Balaban J connectivity index is 1.16. The molecular weight excluding hydrogens is 458 g/mol. The second kappa shape index (κ2) is 10.1. The van der Waals surface area contributed by atoms with Gasteiger partial charge in [-0.1, -0.05) is 0 Å². The van der Waals surface area contributed by atoms with E-state index in [1.807, 2.05) is 23.1 Å². The summed E-state index contributed by atoms with van der Waals surface area (Å²) < 4.78 is 5.75. The summed E-state index contributed by atoms with van der Waals surface area (Å²) in [4.78, 5) is 39.1. The van der Waals surface area contributed by atoms with Crippen LogP contribution in [0.5, 0.6) is 5.75 Å². The average molecular weight is 490 g/mol. The fraction of sp³-hybridized carbons (Fsp3) is 0.407. The van der Waals surface area contributed by atoms with E-state index in [-0.39, 0.29) is 18.4 Å². The summed E-state index contributed by atoms with van der Waals surface area (Å²) in [6, 6.07) is 12.7. The molecule has 2 amide bonds. The highest BCUT2D eigenvalue weighted by Crippen LogP contribution is 2.31. The Labute approximate surface area is 210 Å². The number of hydrogen-bond acceptors (Lipinski definition) is 7. The van der Waals surface area contributed by atoms with Crippen molar-refractivity contribution in [2.24, 2.45) is 0 Å². The third-order valence-electron chi connectivity index (χ3n) is 6.93. The molecule has 2 aliphatic rings. The van der Waals surface area contributed by atoms with E-state index >= 15 is 0 Å². The molecule has 1 N–H and O–H groups in total. The fourth-order valence-corrected chi connectivity index (χ4v) is 5.05. The maximum atomic E-state index is 13.0. The van der Waals surface area contributed by atoms with Gasteiger partial charge in [-0.15, -0.1) is 0 Å². The molecule has 5 rings (SSSR count). The molecule has 0 spiro atoms. The molecule has 0 aliphatic carbocycles. The number of rotatable bonds is 8. The highest BCUT2D eigenvalue weighted by molar-refractivity contribution is 5.94. The van der Waals surface area contributed by atoms with Crippen LogP contribution in [0.25, 0.3) is 11.0 Å². The topological polar surface area (TPSA) is 99.1 Å². The van der Waals surface area contributed by atoms with Gasteiger partial charge in [0.25, 0.3) is 5.91 Å². The van der Waals surface area contributed by atoms with Crippen LogP contribution in [-0.2, 0) is 4.79 Å². The minimum absolute atomic E-state index is 0.160. The van der Waals surface area contributed by atoms with E-state index < -0.39 is 5.60 Å². The molecule has 2 aliphatic heterocycles. The Morgan fingerprint density at radius 1 is 1.14 bits per heavy atom. The molecule has 1 unspecified atom stereocenters. The van der Waals surface area contributed by atoms with Crippen LogP contribution in [-0.4, -0.2) is 88.7 Å². The van der Waals surface area contributed by atoms with Gasteiger partial charge in [-0.2, -0.15) is 0 Å². The molecular formula is C27H31N5O4. The van der Waals surface area contributed by atoms with Crippen LogP contribution in [0, 0.1) is 0 Å². The zero-order chi connectivity index (χ0) is 25.1. The monoisotopic (exact) mass is 489 g/mol. The van der Waals surface area contributed by atoms with Crippen LogP contribution in [0.4, 0.5) is 5.69 Å². The molecule has 0 radical (unpaired) electrons. The second-order valence-corrected chi connectivity index (χ2v) is 9.62. The summed E-state index contributed by atoms with van der Waals surface area (Å²) in [7, 11) is 1.71. The minimum atomic E-state index is -1.02. The normalized spacial score (nSPS) is 19.8. The molecule has 188 valence electrons. The number of amides is 2. The molecule has 2 fully saturated rings.